The van der Waals surface area contributed by atoms with E-state index in [0.717, 1.165) is 35.6 Å². The van der Waals surface area contributed by atoms with Crippen molar-refractivity contribution in [1.29, 1.82) is 0 Å². The Morgan fingerprint density at radius 3 is 2.41 bits per heavy atom. The minimum atomic E-state index is -4.03. The lowest BCUT2D eigenvalue weighted by Crippen LogP contribution is -2.44. The summed E-state index contributed by atoms with van der Waals surface area (Å²) in [5.74, 6) is -0.311. The zero-order valence-corrected chi connectivity index (χ0v) is 18.3. The molecule has 29 heavy (non-hydrogen) atoms. The minimum absolute atomic E-state index is 0.0596. The van der Waals surface area contributed by atoms with Crippen molar-refractivity contribution in [2.75, 3.05) is 6.54 Å². The summed E-state index contributed by atoms with van der Waals surface area (Å²) in [5, 5.41) is 3.31. The number of nitrogens with zero attached hydrogens (tertiary/aromatic N) is 1. The van der Waals surface area contributed by atoms with Crippen molar-refractivity contribution in [3.63, 3.8) is 0 Å². The normalized spacial score (nSPS) is 15.4. The van der Waals surface area contributed by atoms with E-state index in [1.165, 1.54) is 24.6 Å². The fourth-order valence-electron chi connectivity index (χ4n) is 3.51. The number of sulfonamides is 1. The molecule has 1 saturated carbocycles. The molecule has 0 saturated heterocycles. The average Bonchev–Trinajstić information content (AvgIpc) is 2.70. The van der Waals surface area contributed by atoms with E-state index in [9.17, 15) is 13.2 Å². The van der Waals surface area contributed by atoms with E-state index in [2.05, 4.69) is 5.32 Å². The molecule has 0 bridgehead atoms. The summed E-state index contributed by atoms with van der Waals surface area (Å²) in [6.45, 7) is -0.222. The van der Waals surface area contributed by atoms with Crippen molar-refractivity contribution in [3.8, 4) is 0 Å². The molecule has 0 radical (unpaired) electrons. The zero-order valence-electron chi connectivity index (χ0n) is 16.0. The number of halogens is 2. The Balaban J connectivity index is 1.85. The maximum Gasteiger partial charge on any atom is 0.245 e. The first kappa shape index (κ1) is 22.1. The van der Waals surface area contributed by atoms with Gasteiger partial charge in [0.25, 0.3) is 0 Å². The lowest BCUT2D eigenvalue weighted by Gasteiger charge is -2.26. The number of carbonyl (C=O) groups is 1. The quantitative estimate of drug-likeness (QED) is 0.662. The molecule has 1 aliphatic carbocycles. The predicted octanol–water partition coefficient (Wildman–Crippen LogP) is 4.63. The smallest absolute Gasteiger partial charge is 0.245 e. The van der Waals surface area contributed by atoms with Gasteiger partial charge in [0.2, 0.25) is 15.9 Å². The molecule has 3 rings (SSSR count). The van der Waals surface area contributed by atoms with Crippen molar-refractivity contribution < 1.29 is 13.2 Å². The van der Waals surface area contributed by atoms with Gasteiger partial charge in [-0.05, 0) is 36.6 Å². The lowest BCUT2D eigenvalue weighted by molar-refractivity contribution is -0.122. The fourth-order valence-corrected chi connectivity index (χ4v) is 5.63. The van der Waals surface area contributed by atoms with Crippen LogP contribution in [-0.4, -0.2) is 31.2 Å². The summed E-state index contributed by atoms with van der Waals surface area (Å²) < 4.78 is 27.8. The van der Waals surface area contributed by atoms with Gasteiger partial charge in [0.15, 0.2) is 0 Å². The van der Waals surface area contributed by atoms with Crippen LogP contribution in [0.1, 0.15) is 37.7 Å². The Morgan fingerprint density at radius 1 is 1.03 bits per heavy atom. The monoisotopic (exact) mass is 454 g/mol. The molecule has 0 aromatic heterocycles. The molecule has 2 aromatic rings. The standard InChI is InChI=1S/C21H24Cl2N2O3S/c22-17-11-12-19(23)20(13-17)29(27,28)25(14-16-7-3-1-4-8-16)15-21(26)24-18-9-5-2-6-10-18/h1,3-4,7-8,11-13,18H,2,5-6,9-10,14-15H2,(H,24,26). The molecule has 0 heterocycles. The van der Waals surface area contributed by atoms with Crippen molar-refractivity contribution in [2.24, 2.45) is 0 Å². The number of nitrogens with one attached hydrogen (secondary N) is 1. The van der Waals surface area contributed by atoms with E-state index in [4.69, 9.17) is 23.2 Å². The largest absolute Gasteiger partial charge is 0.352 e. The van der Waals surface area contributed by atoms with Crippen molar-refractivity contribution in [3.05, 3.63) is 64.1 Å². The Hall–Kier alpha value is -1.60. The Labute approximate surface area is 182 Å². The molecule has 5 nitrogen and oxygen atoms in total. The van der Waals surface area contributed by atoms with Gasteiger partial charge in [-0.25, -0.2) is 8.42 Å². The van der Waals surface area contributed by atoms with Crippen LogP contribution in [0.3, 0.4) is 0 Å². The maximum absolute atomic E-state index is 13.3. The van der Waals surface area contributed by atoms with Crippen LogP contribution in [0.4, 0.5) is 0 Å². The van der Waals surface area contributed by atoms with E-state index in [1.54, 1.807) is 0 Å². The van der Waals surface area contributed by atoms with Crippen molar-refractivity contribution in [2.45, 2.75) is 49.6 Å². The van der Waals surface area contributed by atoms with Crippen LogP contribution < -0.4 is 5.32 Å². The van der Waals surface area contributed by atoms with E-state index in [1.807, 2.05) is 30.3 Å². The van der Waals surface area contributed by atoms with Gasteiger partial charge in [0.05, 0.1) is 11.6 Å². The number of amides is 1. The molecule has 1 fully saturated rings. The number of hydrogen-bond donors (Lipinski definition) is 1. The van der Waals surface area contributed by atoms with Crippen LogP contribution in [0.2, 0.25) is 10.0 Å². The van der Waals surface area contributed by atoms with E-state index in [-0.39, 0.29) is 40.0 Å². The van der Waals surface area contributed by atoms with Crippen LogP contribution in [0.25, 0.3) is 0 Å². The molecule has 0 unspecified atom stereocenters. The summed E-state index contributed by atoms with van der Waals surface area (Å²) in [6.07, 6.45) is 5.19. The fraction of sp³-hybridized carbons (Fsp3) is 0.381. The first-order chi connectivity index (χ1) is 13.9. The molecule has 8 heteroatoms. The van der Waals surface area contributed by atoms with Gasteiger partial charge in [-0.3, -0.25) is 4.79 Å². The van der Waals surface area contributed by atoms with E-state index < -0.39 is 10.0 Å². The van der Waals surface area contributed by atoms with Crippen molar-refractivity contribution in [1.82, 2.24) is 9.62 Å². The highest BCUT2D eigenvalue weighted by atomic mass is 35.5. The second-order valence-electron chi connectivity index (χ2n) is 7.24. The Bertz CT molecular complexity index is 946. The molecular weight excluding hydrogens is 431 g/mol. The highest BCUT2D eigenvalue weighted by Crippen LogP contribution is 2.28. The number of rotatable bonds is 7. The van der Waals surface area contributed by atoms with Crippen LogP contribution >= 0.6 is 23.2 Å². The third-order valence-corrected chi connectivity index (χ3v) is 7.51. The van der Waals surface area contributed by atoms with Gasteiger partial charge in [0.1, 0.15) is 4.90 Å². The van der Waals surface area contributed by atoms with Gasteiger partial charge in [-0.2, -0.15) is 4.31 Å². The third kappa shape index (κ3) is 5.95. The van der Waals surface area contributed by atoms with E-state index in [0.29, 0.717) is 0 Å². The van der Waals surface area contributed by atoms with Gasteiger partial charge in [0, 0.05) is 17.6 Å². The van der Waals surface area contributed by atoms with Gasteiger partial charge in [-0.1, -0.05) is 72.8 Å². The molecule has 2 aromatic carbocycles. The molecular formula is C21H24Cl2N2O3S. The molecule has 156 valence electrons. The predicted molar refractivity (Wildman–Crippen MR) is 116 cm³/mol. The summed E-state index contributed by atoms with van der Waals surface area (Å²) in [6, 6.07) is 13.5. The third-order valence-electron chi connectivity index (χ3n) is 5.00. The molecule has 1 amide bonds. The summed E-state index contributed by atoms with van der Waals surface area (Å²) in [7, 11) is -4.03. The SMILES string of the molecule is O=C(CN(Cc1ccccc1)S(=O)(=O)c1cc(Cl)ccc1Cl)NC1CCCCC1. The van der Waals surface area contributed by atoms with Crippen molar-refractivity contribution >= 4 is 39.1 Å². The lowest BCUT2D eigenvalue weighted by atomic mass is 9.95. The molecule has 1 N–H and O–H groups in total. The molecule has 0 aliphatic heterocycles. The zero-order chi connectivity index (χ0) is 20.9. The highest BCUT2D eigenvalue weighted by molar-refractivity contribution is 7.89. The number of benzene rings is 2. The van der Waals surface area contributed by atoms with Crippen LogP contribution in [0, 0.1) is 0 Å². The topological polar surface area (TPSA) is 66.5 Å². The molecule has 0 spiro atoms. The Kier molecular flexibility index (Phi) is 7.57. The number of carbonyl (C=O) groups excluding carboxylic acids is 1. The second-order valence-corrected chi connectivity index (χ2v) is 9.99. The van der Waals surface area contributed by atoms with Crippen LogP contribution in [0.15, 0.2) is 53.4 Å². The van der Waals surface area contributed by atoms with Gasteiger partial charge < -0.3 is 5.32 Å². The first-order valence-electron chi connectivity index (χ1n) is 9.65. The highest BCUT2D eigenvalue weighted by Gasteiger charge is 2.30. The maximum atomic E-state index is 13.3. The van der Waals surface area contributed by atoms with E-state index >= 15 is 0 Å². The minimum Gasteiger partial charge on any atom is -0.352 e. The van der Waals surface area contributed by atoms with Crippen LogP contribution in [-0.2, 0) is 21.4 Å². The first-order valence-corrected chi connectivity index (χ1v) is 11.8. The summed E-state index contributed by atoms with van der Waals surface area (Å²) in [5.41, 5.74) is 0.777. The Morgan fingerprint density at radius 2 is 1.72 bits per heavy atom. The summed E-state index contributed by atoms with van der Waals surface area (Å²) in [4.78, 5) is 12.6. The van der Waals surface area contributed by atoms with Gasteiger partial charge >= 0.3 is 0 Å². The molecule has 0 atom stereocenters. The second kappa shape index (κ2) is 9.94. The van der Waals surface area contributed by atoms with Crippen LogP contribution in [0.5, 0.6) is 0 Å². The van der Waals surface area contributed by atoms with Gasteiger partial charge in [-0.15, -0.1) is 0 Å². The molecule has 1 aliphatic rings. The number of hydrogen-bond acceptors (Lipinski definition) is 3. The summed E-state index contributed by atoms with van der Waals surface area (Å²) >= 11 is 12.2. The average molecular weight is 455 g/mol.